The zero-order valence-electron chi connectivity index (χ0n) is 8.72. The smallest absolute Gasteiger partial charge is 0.170 e. The Bertz CT molecular complexity index is 465. The molecule has 16 heavy (non-hydrogen) atoms. The van der Waals surface area contributed by atoms with Crippen molar-refractivity contribution in [2.24, 2.45) is 15.2 Å². The third kappa shape index (κ3) is 2.52. The summed E-state index contributed by atoms with van der Waals surface area (Å²) in [4.78, 5) is 15.9. The molecule has 1 aliphatic heterocycles. The number of amidine groups is 1. The predicted octanol–water partition coefficient (Wildman–Crippen LogP) is 3.12. The molecular weight excluding hydrogens is 226 g/mol. The van der Waals surface area contributed by atoms with Gasteiger partial charge in [0.05, 0.1) is 6.42 Å². The largest absolute Gasteiger partial charge is 0.294 e. The third-order valence-corrected chi connectivity index (χ3v) is 2.41. The number of azo groups is 1. The summed E-state index contributed by atoms with van der Waals surface area (Å²) in [6, 6.07) is 6.77. The van der Waals surface area contributed by atoms with Crippen LogP contribution in [0.15, 0.2) is 39.5 Å². The fourth-order valence-electron chi connectivity index (χ4n) is 1.38. The van der Waals surface area contributed by atoms with Gasteiger partial charge in [0.1, 0.15) is 0 Å². The fraction of sp³-hybridized carbons (Fsp3) is 0.273. The SMILES string of the molecule is CC1N=NC(CC(=O)c2ccc(Cl)cc2)=N1. The Balaban J connectivity index is 2.06. The Kier molecular flexibility index (Phi) is 3.10. The first-order valence-electron chi connectivity index (χ1n) is 4.91. The van der Waals surface area contributed by atoms with Crippen LogP contribution in [-0.4, -0.2) is 17.8 Å². The van der Waals surface area contributed by atoms with Crippen molar-refractivity contribution in [3.8, 4) is 0 Å². The number of hydrogen-bond acceptors (Lipinski definition) is 4. The molecule has 1 atom stereocenters. The van der Waals surface area contributed by atoms with E-state index >= 15 is 0 Å². The average Bonchev–Trinajstić information content (AvgIpc) is 2.65. The summed E-state index contributed by atoms with van der Waals surface area (Å²) in [5.41, 5.74) is 0.613. The van der Waals surface area contributed by atoms with Gasteiger partial charge in [-0.2, -0.15) is 5.11 Å². The molecule has 0 aliphatic carbocycles. The van der Waals surface area contributed by atoms with Crippen molar-refractivity contribution in [3.05, 3.63) is 34.9 Å². The Morgan fingerprint density at radius 3 is 2.62 bits per heavy atom. The minimum absolute atomic E-state index is 0.0246. The van der Waals surface area contributed by atoms with E-state index in [1.165, 1.54) is 0 Å². The van der Waals surface area contributed by atoms with Crippen LogP contribution in [0.3, 0.4) is 0 Å². The molecule has 0 N–H and O–H groups in total. The average molecular weight is 236 g/mol. The van der Waals surface area contributed by atoms with Crippen LogP contribution < -0.4 is 0 Å². The molecule has 1 heterocycles. The van der Waals surface area contributed by atoms with Crippen molar-refractivity contribution in [3.63, 3.8) is 0 Å². The molecule has 0 radical (unpaired) electrons. The molecule has 0 saturated heterocycles. The summed E-state index contributed by atoms with van der Waals surface area (Å²) in [6.07, 6.45) is 0.0307. The zero-order valence-corrected chi connectivity index (χ0v) is 9.48. The monoisotopic (exact) mass is 235 g/mol. The van der Waals surface area contributed by atoms with Crippen LogP contribution in [0.1, 0.15) is 23.7 Å². The van der Waals surface area contributed by atoms with E-state index in [0.29, 0.717) is 16.4 Å². The standard InChI is InChI=1S/C11H10ClN3O/c1-7-13-11(15-14-7)6-10(16)8-2-4-9(12)5-3-8/h2-5,7H,6H2,1H3. The van der Waals surface area contributed by atoms with E-state index in [1.54, 1.807) is 24.3 Å². The van der Waals surface area contributed by atoms with Crippen LogP contribution in [0.2, 0.25) is 5.02 Å². The van der Waals surface area contributed by atoms with Gasteiger partial charge in [0.15, 0.2) is 17.8 Å². The first-order chi connectivity index (χ1) is 7.65. The van der Waals surface area contributed by atoms with Gasteiger partial charge in [-0.05, 0) is 31.2 Å². The van der Waals surface area contributed by atoms with Crippen LogP contribution in [0, 0.1) is 0 Å². The Morgan fingerprint density at radius 1 is 1.38 bits per heavy atom. The lowest BCUT2D eigenvalue weighted by Crippen LogP contribution is -2.05. The molecular formula is C11H10ClN3O. The summed E-state index contributed by atoms with van der Waals surface area (Å²) in [7, 11) is 0. The van der Waals surface area contributed by atoms with E-state index in [0.717, 1.165) is 0 Å². The first kappa shape index (κ1) is 11.0. The highest BCUT2D eigenvalue weighted by Crippen LogP contribution is 2.13. The van der Waals surface area contributed by atoms with Crippen LogP contribution in [-0.2, 0) is 0 Å². The van der Waals surface area contributed by atoms with Gasteiger partial charge in [0, 0.05) is 10.6 Å². The van der Waals surface area contributed by atoms with Gasteiger partial charge in [-0.3, -0.25) is 4.79 Å². The lowest BCUT2D eigenvalue weighted by atomic mass is 10.1. The van der Waals surface area contributed by atoms with Gasteiger partial charge >= 0.3 is 0 Å². The van der Waals surface area contributed by atoms with Crippen LogP contribution in [0.5, 0.6) is 0 Å². The second-order valence-electron chi connectivity index (χ2n) is 3.50. The minimum atomic E-state index is -0.159. The van der Waals surface area contributed by atoms with Crippen LogP contribution >= 0.6 is 11.6 Å². The van der Waals surface area contributed by atoms with Crippen LogP contribution in [0.4, 0.5) is 0 Å². The fourth-order valence-corrected chi connectivity index (χ4v) is 1.51. The summed E-state index contributed by atoms with van der Waals surface area (Å²) in [5.74, 6) is 0.468. The van der Waals surface area contributed by atoms with E-state index in [9.17, 15) is 4.79 Å². The first-order valence-corrected chi connectivity index (χ1v) is 5.29. The number of carbonyl (C=O) groups is 1. The molecule has 1 aromatic carbocycles. The van der Waals surface area contributed by atoms with Crippen molar-refractivity contribution < 1.29 is 4.79 Å². The third-order valence-electron chi connectivity index (χ3n) is 2.16. The highest BCUT2D eigenvalue weighted by atomic mass is 35.5. The maximum absolute atomic E-state index is 11.8. The van der Waals surface area contributed by atoms with E-state index in [2.05, 4.69) is 15.2 Å². The van der Waals surface area contributed by atoms with Gasteiger partial charge < -0.3 is 0 Å². The van der Waals surface area contributed by atoms with Crippen molar-refractivity contribution in [2.45, 2.75) is 19.5 Å². The summed E-state index contributed by atoms with van der Waals surface area (Å²) < 4.78 is 0. The van der Waals surface area contributed by atoms with Gasteiger partial charge in [-0.1, -0.05) is 11.6 Å². The predicted molar refractivity (Wildman–Crippen MR) is 62.2 cm³/mol. The maximum Gasteiger partial charge on any atom is 0.170 e. The number of Topliss-reactive ketones (excluding diaryl/α,β-unsaturated/α-hetero) is 1. The molecule has 0 spiro atoms. The lowest BCUT2D eigenvalue weighted by molar-refractivity contribution is 0.100. The number of rotatable bonds is 3. The second kappa shape index (κ2) is 4.53. The van der Waals surface area contributed by atoms with Gasteiger partial charge in [0.2, 0.25) is 0 Å². The molecule has 5 heteroatoms. The normalized spacial score (nSPS) is 18.6. The molecule has 1 aromatic rings. The zero-order chi connectivity index (χ0) is 11.5. The molecule has 1 aliphatic rings. The molecule has 0 amide bonds. The molecule has 82 valence electrons. The van der Waals surface area contributed by atoms with Gasteiger partial charge in [0.25, 0.3) is 0 Å². The van der Waals surface area contributed by atoms with Crippen LogP contribution in [0.25, 0.3) is 0 Å². The van der Waals surface area contributed by atoms with Crippen molar-refractivity contribution in [1.82, 2.24) is 0 Å². The summed E-state index contributed by atoms with van der Waals surface area (Å²) in [5, 5.41) is 8.27. The van der Waals surface area contributed by atoms with Crippen molar-refractivity contribution >= 4 is 23.2 Å². The molecule has 0 saturated carbocycles. The molecule has 1 unspecified atom stereocenters. The topological polar surface area (TPSA) is 54.1 Å². The molecule has 0 bridgehead atoms. The highest BCUT2D eigenvalue weighted by molar-refractivity contribution is 6.30. The number of halogens is 1. The van der Waals surface area contributed by atoms with E-state index in [4.69, 9.17) is 11.6 Å². The second-order valence-corrected chi connectivity index (χ2v) is 3.94. The summed E-state index contributed by atoms with van der Waals surface area (Å²) >= 11 is 5.74. The number of hydrogen-bond donors (Lipinski definition) is 0. The minimum Gasteiger partial charge on any atom is -0.294 e. The Morgan fingerprint density at radius 2 is 2.06 bits per heavy atom. The van der Waals surface area contributed by atoms with Crippen molar-refractivity contribution in [1.29, 1.82) is 0 Å². The summed E-state index contributed by atoms with van der Waals surface area (Å²) in [6.45, 7) is 1.82. The Hall–Kier alpha value is -1.55. The lowest BCUT2D eigenvalue weighted by Gasteiger charge is -1.98. The number of aliphatic imine (C=N–C) groups is 1. The molecule has 0 aromatic heterocycles. The maximum atomic E-state index is 11.8. The highest BCUT2D eigenvalue weighted by Gasteiger charge is 2.14. The van der Waals surface area contributed by atoms with E-state index < -0.39 is 0 Å². The Labute approximate surface area is 98.1 Å². The van der Waals surface area contributed by atoms with E-state index in [-0.39, 0.29) is 18.4 Å². The number of nitrogens with zero attached hydrogens (tertiary/aromatic N) is 3. The number of carbonyl (C=O) groups excluding carboxylic acids is 1. The molecule has 0 fully saturated rings. The van der Waals surface area contributed by atoms with Gasteiger partial charge in [-0.25, -0.2) is 4.99 Å². The number of benzene rings is 1. The van der Waals surface area contributed by atoms with Gasteiger partial charge in [-0.15, -0.1) is 5.11 Å². The van der Waals surface area contributed by atoms with Crippen molar-refractivity contribution in [2.75, 3.05) is 0 Å². The molecule has 2 rings (SSSR count). The molecule has 4 nitrogen and oxygen atoms in total. The number of ketones is 1. The quantitative estimate of drug-likeness (QED) is 0.743. The van der Waals surface area contributed by atoms with E-state index in [1.807, 2.05) is 6.92 Å².